The summed E-state index contributed by atoms with van der Waals surface area (Å²) >= 11 is 1.27. The number of aromatic nitrogens is 3. The van der Waals surface area contributed by atoms with Crippen LogP contribution in [-0.4, -0.2) is 77.0 Å². The normalized spacial score (nSPS) is 14.0. The van der Waals surface area contributed by atoms with Crippen molar-refractivity contribution in [3.63, 3.8) is 0 Å². The van der Waals surface area contributed by atoms with Gasteiger partial charge in [0, 0.05) is 49.7 Å². The molecule has 11 nitrogen and oxygen atoms in total. The number of methoxy groups -OCH3 is 1. The van der Waals surface area contributed by atoms with Gasteiger partial charge < -0.3 is 28.6 Å². The van der Waals surface area contributed by atoms with Gasteiger partial charge in [-0.25, -0.2) is 14.8 Å². The van der Waals surface area contributed by atoms with Gasteiger partial charge >= 0.3 is 12.1 Å². The van der Waals surface area contributed by atoms with Crippen molar-refractivity contribution in [3.8, 4) is 16.5 Å². The van der Waals surface area contributed by atoms with Crippen molar-refractivity contribution < 1.29 is 23.8 Å². The molecule has 39 heavy (non-hydrogen) atoms. The highest BCUT2D eigenvalue weighted by atomic mass is 32.1. The van der Waals surface area contributed by atoms with Crippen LogP contribution in [0.4, 0.5) is 10.5 Å². The molecule has 0 saturated carbocycles. The number of piperazine rings is 1. The van der Waals surface area contributed by atoms with Crippen LogP contribution in [0.5, 0.6) is 5.88 Å². The van der Waals surface area contributed by atoms with E-state index in [1.807, 2.05) is 32.6 Å². The molecule has 4 rings (SSSR count). The summed E-state index contributed by atoms with van der Waals surface area (Å²) in [6.45, 7) is 11.1. The zero-order valence-electron chi connectivity index (χ0n) is 23.3. The number of esters is 1. The molecule has 0 aliphatic carbocycles. The maximum atomic E-state index is 14.0. The van der Waals surface area contributed by atoms with Gasteiger partial charge in [0.1, 0.15) is 27.5 Å². The largest absolute Gasteiger partial charge is 0.481 e. The van der Waals surface area contributed by atoms with E-state index in [0.717, 1.165) is 5.56 Å². The molecule has 0 N–H and O–H groups in total. The zero-order chi connectivity index (χ0) is 28.3. The molecule has 12 heteroatoms. The van der Waals surface area contributed by atoms with E-state index in [-0.39, 0.29) is 24.7 Å². The first-order chi connectivity index (χ1) is 18.6. The average molecular weight is 558 g/mol. The first-order valence-electron chi connectivity index (χ1n) is 13.0. The minimum Gasteiger partial charge on any atom is -0.481 e. The molecule has 4 heterocycles. The predicted molar refractivity (Wildman–Crippen MR) is 150 cm³/mol. The van der Waals surface area contributed by atoms with Gasteiger partial charge in [0.15, 0.2) is 5.65 Å². The smallest absolute Gasteiger partial charge is 0.410 e. The van der Waals surface area contributed by atoms with Gasteiger partial charge in [-0.2, -0.15) is 0 Å². The van der Waals surface area contributed by atoms with Crippen molar-refractivity contribution in [2.24, 2.45) is 0 Å². The Morgan fingerprint density at radius 3 is 2.46 bits per heavy atom. The number of rotatable bonds is 7. The Morgan fingerprint density at radius 2 is 1.85 bits per heavy atom. The fourth-order valence-electron chi connectivity index (χ4n) is 4.54. The molecule has 3 aromatic heterocycles. The second-order valence-electron chi connectivity index (χ2n) is 10.1. The molecule has 0 unspecified atom stereocenters. The fraction of sp³-hybridized carbons (Fsp3) is 0.519. The quantitative estimate of drug-likeness (QED) is 0.401. The molecule has 0 radical (unpaired) electrons. The number of ether oxygens (including phenoxy) is 3. The summed E-state index contributed by atoms with van der Waals surface area (Å²) in [5, 5.41) is 0.620. The third-order valence-corrected chi connectivity index (χ3v) is 7.34. The summed E-state index contributed by atoms with van der Waals surface area (Å²) in [6, 6.07) is 3.56. The Kier molecular flexibility index (Phi) is 8.43. The van der Waals surface area contributed by atoms with Crippen molar-refractivity contribution in [2.75, 3.05) is 44.8 Å². The highest BCUT2D eigenvalue weighted by Gasteiger charge is 2.30. The summed E-state index contributed by atoms with van der Waals surface area (Å²) in [7, 11) is 1.54. The monoisotopic (exact) mass is 557 g/mol. The molecule has 3 aromatic rings. The molecule has 0 bridgehead atoms. The van der Waals surface area contributed by atoms with E-state index >= 15 is 0 Å². The van der Waals surface area contributed by atoms with Crippen LogP contribution in [0.25, 0.3) is 20.9 Å². The predicted octanol–water partition coefficient (Wildman–Crippen LogP) is 3.71. The van der Waals surface area contributed by atoms with Gasteiger partial charge in [0.2, 0.25) is 11.3 Å². The highest BCUT2D eigenvalue weighted by molar-refractivity contribution is 7.21. The van der Waals surface area contributed by atoms with Gasteiger partial charge in [0.05, 0.1) is 13.7 Å². The lowest BCUT2D eigenvalue weighted by atomic mass is 10.1. The molecular weight excluding hydrogens is 522 g/mol. The third-order valence-electron chi connectivity index (χ3n) is 6.25. The lowest BCUT2D eigenvalue weighted by Gasteiger charge is -2.37. The zero-order valence-corrected chi connectivity index (χ0v) is 24.1. The van der Waals surface area contributed by atoms with Gasteiger partial charge in [-0.1, -0.05) is 6.92 Å². The van der Waals surface area contributed by atoms with Gasteiger partial charge in [-0.05, 0) is 40.2 Å². The summed E-state index contributed by atoms with van der Waals surface area (Å²) in [4.78, 5) is 51.8. The lowest BCUT2D eigenvalue weighted by molar-refractivity contribution is -0.143. The van der Waals surface area contributed by atoms with E-state index in [2.05, 4.69) is 4.98 Å². The van der Waals surface area contributed by atoms with Crippen LogP contribution < -0.4 is 15.1 Å². The summed E-state index contributed by atoms with van der Waals surface area (Å²) in [5.41, 5.74) is 1.71. The molecular formula is C27H35N5O6S. The lowest BCUT2D eigenvalue weighted by Crippen LogP contribution is -2.51. The van der Waals surface area contributed by atoms with Crippen molar-refractivity contribution in [1.82, 2.24) is 19.4 Å². The Bertz CT molecular complexity index is 1420. The Hall–Kier alpha value is -3.67. The maximum Gasteiger partial charge on any atom is 0.410 e. The molecule has 1 saturated heterocycles. The molecule has 210 valence electrons. The number of anilines is 1. The van der Waals surface area contributed by atoms with Crippen LogP contribution in [0.15, 0.2) is 23.1 Å². The van der Waals surface area contributed by atoms with E-state index in [1.54, 1.807) is 34.7 Å². The van der Waals surface area contributed by atoms with Crippen LogP contribution in [-0.2, 0) is 27.2 Å². The second-order valence-corrected chi connectivity index (χ2v) is 11.1. The summed E-state index contributed by atoms with van der Waals surface area (Å²) in [5.74, 6) is 0.0317. The minimum absolute atomic E-state index is 0.0679. The molecule has 1 fully saturated rings. The van der Waals surface area contributed by atoms with Gasteiger partial charge in [0.25, 0.3) is 0 Å². The van der Waals surface area contributed by atoms with Crippen molar-refractivity contribution in [1.29, 1.82) is 0 Å². The first-order valence-corrected chi connectivity index (χ1v) is 13.8. The van der Waals surface area contributed by atoms with Crippen LogP contribution >= 0.6 is 11.3 Å². The highest BCUT2D eigenvalue weighted by Crippen LogP contribution is 2.33. The number of amides is 1. The van der Waals surface area contributed by atoms with Gasteiger partial charge in [-0.3, -0.25) is 9.59 Å². The topological polar surface area (TPSA) is 116 Å². The number of nitrogens with zero attached hydrogens (tertiary/aromatic N) is 5. The van der Waals surface area contributed by atoms with Crippen molar-refractivity contribution in [3.05, 3.63) is 34.2 Å². The fourth-order valence-corrected chi connectivity index (χ4v) is 5.55. The van der Waals surface area contributed by atoms with Crippen LogP contribution in [0.1, 0.15) is 40.3 Å². The Labute approximate surface area is 231 Å². The molecule has 1 aliphatic heterocycles. The average Bonchev–Trinajstić information content (AvgIpc) is 3.35. The number of carbonyl (C=O) groups is 2. The first kappa shape index (κ1) is 28.3. The van der Waals surface area contributed by atoms with E-state index in [9.17, 15) is 14.4 Å². The minimum atomic E-state index is -0.585. The van der Waals surface area contributed by atoms with E-state index in [0.29, 0.717) is 65.2 Å². The van der Waals surface area contributed by atoms with Crippen LogP contribution in [0.3, 0.4) is 0 Å². The summed E-state index contributed by atoms with van der Waals surface area (Å²) < 4.78 is 18.3. The van der Waals surface area contributed by atoms with E-state index in [4.69, 9.17) is 19.2 Å². The van der Waals surface area contributed by atoms with E-state index < -0.39 is 11.6 Å². The van der Waals surface area contributed by atoms with Crippen molar-refractivity contribution in [2.45, 2.75) is 53.2 Å². The SMILES string of the molecule is CCOC(=O)Cn1c(CC)c(N2CCN(C(=O)OC(C)(C)C)CC2)c(=O)c2sc(-c3ccnc(OC)c3)nc21. The molecule has 0 atom stereocenters. The molecule has 0 spiro atoms. The second kappa shape index (κ2) is 11.6. The van der Waals surface area contributed by atoms with E-state index in [1.165, 1.54) is 18.4 Å². The molecule has 1 aliphatic rings. The number of thiazole rings is 1. The van der Waals surface area contributed by atoms with Crippen molar-refractivity contribution >= 4 is 39.4 Å². The maximum absolute atomic E-state index is 14.0. The number of pyridine rings is 2. The van der Waals surface area contributed by atoms with Crippen LogP contribution in [0.2, 0.25) is 0 Å². The number of hydrogen-bond acceptors (Lipinski definition) is 10. The Morgan fingerprint density at radius 1 is 1.13 bits per heavy atom. The molecule has 0 aromatic carbocycles. The standard InChI is InChI=1S/C27H35N5O6S/c1-7-18-21(30-11-13-31(14-12-30)26(35)38-27(3,4)5)22(34)23-24(32(18)16-20(33)37-8-2)29-25(39-23)17-9-10-28-19(15-17)36-6/h9-10,15H,7-8,11-14,16H2,1-6H3. The van der Waals surface area contributed by atoms with Gasteiger partial charge in [-0.15, -0.1) is 11.3 Å². The molecule has 1 amide bonds. The number of fused-ring (bicyclic) bond motifs is 1. The number of carbonyl (C=O) groups excluding carboxylic acids is 2. The Balaban J connectivity index is 1.78. The summed E-state index contributed by atoms with van der Waals surface area (Å²) in [6.07, 6.45) is 1.76. The third kappa shape index (κ3) is 6.16. The van der Waals surface area contributed by atoms with Crippen LogP contribution in [0, 0.1) is 0 Å². The number of hydrogen-bond donors (Lipinski definition) is 0.